The zero-order chi connectivity index (χ0) is 4.50. The fraction of sp³-hybridized carbons (Fsp3) is 1.00. The van der Waals surface area contributed by atoms with Crippen molar-refractivity contribution in [1.82, 2.24) is 0 Å². The van der Waals surface area contributed by atoms with Gasteiger partial charge in [0.25, 0.3) is 0 Å². The SMILES string of the molecule is CS(N)(=O)=O.I. The van der Waals surface area contributed by atoms with E-state index in [4.69, 9.17) is 0 Å². The van der Waals surface area contributed by atoms with Gasteiger partial charge in [-0.25, -0.2) is 13.6 Å². The number of hydrogen-bond donors (Lipinski definition) is 1. The third-order valence-electron chi connectivity index (χ3n) is 0. The van der Waals surface area contributed by atoms with Crippen LogP contribution in [0, 0.1) is 0 Å². The molecule has 0 aliphatic carbocycles. The molecule has 0 radical (unpaired) electrons. The molecule has 0 aliphatic heterocycles. The third kappa shape index (κ3) is 150. The van der Waals surface area contributed by atoms with Gasteiger partial charge in [-0.2, -0.15) is 0 Å². The predicted octanol–water partition coefficient (Wildman–Crippen LogP) is -0.477. The fourth-order valence-electron chi connectivity index (χ4n) is 0. The summed E-state index contributed by atoms with van der Waals surface area (Å²) in [6.07, 6.45) is 0.938. The first-order valence-electron chi connectivity index (χ1n) is 0.977. The van der Waals surface area contributed by atoms with E-state index in [0.29, 0.717) is 0 Å². The maximum atomic E-state index is 9.41. The minimum Gasteiger partial charge on any atom is -0.229 e. The second-order valence-corrected chi connectivity index (χ2v) is 2.49. The molecule has 0 bridgehead atoms. The van der Waals surface area contributed by atoms with Gasteiger partial charge in [0.1, 0.15) is 0 Å². The number of halogens is 1. The quantitative estimate of drug-likeness (QED) is 0.564. The molecule has 2 N–H and O–H groups in total. The number of primary sulfonamides is 1. The summed E-state index contributed by atoms with van der Waals surface area (Å²) in [5.41, 5.74) is 0. The summed E-state index contributed by atoms with van der Waals surface area (Å²) in [7, 11) is -3.17. The molecule has 0 saturated heterocycles. The van der Waals surface area contributed by atoms with E-state index >= 15 is 0 Å². The highest BCUT2D eigenvalue weighted by molar-refractivity contribution is 14.0. The molecule has 0 aliphatic rings. The molecule has 0 aromatic carbocycles. The Labute approximate surface area is 54.0 Å². The molecule has 0 aromatic rings. The van der Waals surface area contributed by atoms with Crippen molar-refractivity contribution in [1.29, 1.82) is 0 Å². The largest absolute Gasteiger partial charge is 0.229 e. The van der Waals surface area contributed by atoms with E-state index in [1.165, 1.54) is 0 Å². The highest BCUT2D eigenvalue weighted by atomic mass is 127. The van der Waals surface area contributed by atoms with Crippen LogP contribution in [0.3, 0.4) is 0 Å². The summed E-state index contributed by atoms with van der Waals surface area (Å²) >= 11 is 0. The summed E-state index contributed by atoms with van der Waals surface area (Å²) in [6, 6.07) is 0. The van der Waals surface area contributed by atoms with E-state index in [-0.39, 0.29) is 24.0 Å². The summed E-state index contributed by atoms with van der Waals surface area (Å²) in [6.45, 7) is 0. The Bertz CT molecular complexity index is 96.7. The van der Waals surface area contributed by atoms with Gasteiger partial charge in [0.05, 0.1) is 6.26 Å². The van der Waals surface area contributed by atoms with Gasteiger partial charge in [-0.15, -0.1) is 24.0 Å². The Morgan fingerprint density at radius 2 is 1.50 bits per heavy atom. The summed E-state index contributed by atoms with van der Waals surface area (Å²) < 4.78 is 18.8. The van der Waals surface area contributed by atoms with Gasteiger partial charge in [-0.1, -0.05) is 0 Å². The average molecular weight is 223 g/mol. The van der Waals surface area contributed by atoms with Crippen molar-refractivity contribution < 1.29 is 8.42 Å². The van der Waals surface area contributed by atoms with E-state index in [1.54, 1.807) is 0 Å². The second kappa shape index (κ2) is 2.75. The van der Waals surface area contributed by atoms with Gasteiger partial charge in [-0.3, -0.25) is 0 Å². The molecule has 0 aromatic heterocycles. The van der Waals surface area contributed by atoms with Crippen molar-refractivity contribution in [2.24, 2.45) is 5.14 Å². The van der Waals surface area contributed by atoms with Crippen LogP contribution in [0.5, 0.6) is 0 Å². The van der Waals surface area contributed by atoms with Crippen LogP contribution >= 0.6 is 24.0 Å². The Balaban J connectivity index is 0. The molecule has 0 fully saturated rings. The predicted molar refractivity (Wildman–Crippen MR) is 34.4 cm³/mol. The lowest BCUT2D eigenvalue weighted by Crippen LogP contribution is -2.07. The van der Waals surface area contributed by atoms with E-state index < -0.39 is 10.0 Å². The topological polar surface area (TPSA) is 60.2 Å². The van der Waals surface area contributed by atoms with Crippen LogP contribution in [0.2, 0.25) is 0 Å². The molecule has 0 unspecified atom stereocenters. The smallest absolute Gasteiger partial charge is 0.206 e. The first-order valence-corrected chi connectivity index (χ1v) is 2.93. The highest BCUT2D eigenvalue weighted by Crippen LogP contribution is 1.52. The average Bonchev–Trinajstić information content (AvgIpc) is 0.722. The van der Waals surface area contributed by atoms with Gasteiger partial charge in [0.2, 0.25) is 10.0 Å². The molecular weight excluding hydrogens is 217 g/mol. The van der Waals surface area contributed by atoms with Gasteiger partial charge in [-0.05, 0) is 0 Å². The third-order valence-corrected chi connectivity index (χ3v) is 0. The van der Waals surface area contributed by atoms with Gasteiger partial charge < -0.3 is 0 Å². The van der Waals surface area contributed by atoms with E-state index in [1.807, 2.05) is 0 Å². The van der Waals surface area contributed by atoms with Crippen molar-refractivity contribution in [2.75, 3.05) is 6.26 Å². The van der Waals surface area contributed by atoms with Gasteiger partial charge >= 0.3 is 0 Å². The molecule has 0 amide bonds. The number of nitrogens with two attached hydrogens (primary N) is 1. The minimum absolute atomic E-state index is 0. The standard InChI is InChI=1S/CH5NO2S.HI/c1-5(2,3)4;/h1H3,(H2,2,3,4);1H. The molecule has 0 atom stereocenters. The normalized spacial score (nSPS) is 9.67. The molecule has 0 spiro atoms. The van der Waals surface area contributed by atoms with Crippen LogP contribution in [-0.2, 0) is 10.0 Å². The molecular formula is CH6INO2S. The lowest BCUT2D eigenvalue weighted by molar-refractivity contribution is 0.603. The molecule has 3 nitrogen and oxygen atoms in total. The van der Waals surface area contributed by atoms with Crippen molar-refractivity contribution >= 4 is 34.0 Å². The molecule has 0 heterocycles. The first-order chi connectivity index (χ1) is 2.00. The van der Waals surface area contributed by atoms with Crippen LogP contribution in [0.15, 0.2) is 0 Å². The van der Waals surface area contributed by atoms with E-state index in [9.17, 15) is 8.42 Å². The molecule has 40 valence electrons. The van der Waals surface area contributed by atoms with E-state index in [2.05, 4.69) is 5.14 Å². The Kier molecular flexibility index (Phi) is 4.50. The van der Waals surface area contributed by atoms with Crippen molar-refractivity contribution in [3.8, 4) is 0 Å². The van der Waals surface area contributed by atoms with Gasteiger partial charge in [0.15, 0.2) is 0 Å². The highest BCUT2D eigenvalue weighted by Gasteiger charge is 1.78. The number of rotatable bonds is 0. The summed E-state index contributed by atoms with van der Waals surface area (Å²) in [5.74, 6) is 0. The molecule has 0 rings (SSSR count). The first kappa shape index (κ1) is 9.81. The van der Waals surface area contributed by atoms with Crippen LogP contribution in [0.1, 0.15) is 0 Å². The Morgan fingerprint density at radius 1 is 1.50 bits per heavy atom. The van der Waals surface area contributed by atoms with Crippen molar-refractivity contribution in [2.45, 2.75) is 0 Å². The van der Waals surface area contributed by atoms with Crippen molar-refractivity contribution in [3.63, 3.8) is 0 Å². The second-order valence-electron chi connectivity index (χ2n) is 0.830. The monoisotopic (exact) mass is 223 g/mol. The van der Waals surface area contributed by atoms with Crippen LogP contribution < -0.4 is 5.14 Å². The number of hydrogen-bond acceptors (Lipinski definition) is 2. The molecule has 6 heavy (non-hydrogen) atoms. The summed E-state index contributed by atoms with van der Waals surface area (Å²) in [4.78, 5) is 0. The van der Waals surface area contributed by atoms with Crippen LogP contribution in [-0.4, -0.2) is 14.7 Å². The maximum Gasteiger partial charge on any atom is 0.206 e. The lowest BCUT2D eigenvalue weighted by Gasteiger charge is -1.71. The van der Waals surface area contributed by atoms with Crippen molar-refractivity contribution in [3.05, 3.63) is 0 Å². The minimum atomic E-state index is -3.17. The zero-order valence-corrected chi connectivity index (χ0v) is 6.36. The molecule has 0 saturated carbocycles. The maximum absolute atomic E-state index is 9.41. The molecule has 5 heteroatoms. The number of sulfonamides is 1. The zero-order valence-electron chi connectivity index (χ0n) is 3.21. The van der Waals surface area contributed by atoms with E-state index in [0.717, 1.165) is 6.26 Å². The van der Waals surface area contributed by atoms with Crippen LogP contribution in [0.25, 0.3) is 0 Å². The Hall–Kier alpha value is 0.640. The van der Waals surface area contributed by atoms with Crippen LogP contribution in [0.4, 0.5) is 0 Å². The fourth-order valence-corrected chi connectivity index (χ4v) is 0. The van der Waals surface area contributed by atoms with Gasteiger partial charge in [0, 0.05) is 0 Å². The Morgan fingerprint density at radius 3 is 1.50 bits per heavy atom. The summed E-state index contributed by atoms with van der Waals surface area (Å²) in [5, 5.41) is 4.33. The lowest BCUT2D eigenvalue weighted by atomic mass is 12.0.